The fourth-order valence-corrected chi connectivity index (χ4v) is 1.31. The van der Waals surface area contributed by atoms with Crippen molar-refractivity contribution in [2.45, 2.75) is 0 Å². The molecule has 0 bridgehead atoms. The second kappa shape index (κ2) is 6.76. The highest BCUT2D eigenvalue weighted by molar-refractivity contribution is 9.11. The molecule has 0 fully saturated rings. The number of carbonyl (C=O) groups excluding carboxylic acids is 2. The Labute approximate surface area is 114 Å². The normalized spacial score (nSPS) is 10.3. The SMILES string of the molecule is C=C(Br)CNC(=O)/C=C/c1ccc(C(N)=O)cc1. The monoisotopic (exact) mass is 308 g/mol. The maximum atomic E-state index is 11.4. The zero-order chi connectivity index (χ0) is 13.5. The van der Waals surface area contributed by atoms with E-state index in [1.807, 2.05) is 0 Å². The van der Waals surface area contributed by atoms with Gasteiger partial charge in [-0.3, -0.25) is 9.59 Å². The Hall–Kier alpha value is -1.88. The lowest BCUT2D eigenvalue weighted by Gasteiger charge is -1.99. The van der Waals surface area contributed by atoms with Gasteiger partial charge in [-0.15, -0.1) is 0 Å². The molecule has 0 aliphatic heterocycles. The minimum absolute atomic E-state index is 0.213. The van der Waals surface area contributed by atoms with Crippen LogP contribution in [-0.2, 0) is 4.79 Å². The summed E-state index contributed by atoms with van der Waals surface area (Å²) in [5.74, 6) is -0.686. The summed E-state index contributed by atoms with van der Waals surface area (Å²) in [4.78, 5) is 22.2. The number of amides is 2. The highest BCUT2D eigenvalue weighted by Crippen LogP contribution is 2.05. The van der Waals surface area contributed by atoms with E-state index in [4.69, 9.17) is 5.73 Å². The Balaban J connectivity index is 2.58. The van der Waals surface area contributed by atoms with Gasteiger partial charge in [-0.1, -0.05) is 34.6 Å². The van der Waals surface area contributed by atoms with E-state index in [0.29, 0.717) is 16.6 Å². The van der Waals surface area contributed by atoms with Gasteiger partial charge in [0.15, 0.2) is 0 Å². The lowest BCUT2D eigenvalue weighted by atomic mass is 10.1. The van der Waals surface area contributed by atoms with Crippen molar-refractivity contribution >= 4 is 33.8 Å². The van der Waals surface area contributed by atoms with Crippen LogP contribution in [-0.4, -0.2) is 18.4 Å². The highest BCUT2D eigenvalue weighted by atomic mass is 79.9. The van der Waals surface area contributed by atoms with Gasteiger partial charge in [0.1, 0.15) is 0 Å². The number of rotatable bonds is 5. The average Bonchev–Trinajstić information content (AvgIpc) is 2.34. The number of halogens is 1. The molecule has 5 heteroatoms. The fourth-order valence-electron chi connectivity index (χ4n) is 1.17. The first-order chi connectivity index (χ1) is 8.49. The largest absolute Gasteiger partial charge is 0.366 e. The van der Waals surface area contributed by atoms with Crippen molar-refractivity contribution in [2.75, 3.05) is 6.54 Å². The average molecular weight is 309 g/mol. The first kappa shape index (κ1) is 14.2. The molecule has 0 unspecified atom stereocenters. The van der Waals surface area contributed by atoms with E-state index in [1.165, 1.54) is 6.08 Å². The van der Waals surface area contributed by atoms with Gasteiger partial charge >= 0.3 is 0 Å². The van der Waals surface area contributed by atoms with Gasteiger partial charge in [-0.05, 0) is 23.8 Å². The van der Waals surface area contributed by atoms with Crippen LogP contribution in [0.1, 0.15) is 15.9 Å². The van der Waals surface area contributed by atoms with E-state index in [9.17, 15) is 9.59 Å². The number of carbonyl (C=O) groups is 2. The molecule has 0 aliphatic carbocycles. The van der Waals surface area contributed by atoms with E-state index in [2.05, 4.69) is 27.8 Å². The summed E-state index contributed by atoms with van der Waals surface area (Å²) in [6.07, 6.45) is 3.06. The van der Waals surface area contributed by atoms with Gasteiger partial charge < -0.3 is 11.1 Å². The van der Waals surface area contributed by atoms with Crippen molar-refractivity contribution < 1.29 is 9.59 Å². The number of hydrogen-bond acceptors (Lipinski definition) is 2. The van der Waals surface area contributed by atoms with Gasteiger partial charge in [-0.25, -0.2) is 0 Å². The van der Waals surface area contributed by atoms with Crippen LogP contribution < -0.4 is 11.1 Å². The topological polar surface area (TPSA) is 72.2 Å². The number of benzene rings is 1. The quantitative estimate of drug-likeness (QED) is 0.814. The molecular weight excluding hydrogens is 296 g/mol. The second-order valence-electron chi connectivity index (χ2n) is 3.55. The van der Waals surface area contributed by atoms with Crippen LogP contribution in [0.2, 0.25) is 0 Å². The Morgan fingerprint density at radius 1 is 1.33 bits per heavy atom. The molecule has 94 valence electrons. The number of nitrogens with one attached hydrogen (secondary N) is 1. The predicted molar refractivity (Wildman–Crippen MR) is 75.1 cm³/mol. The predicted octanol–water partition coefficient (Wildman–Crippen LogP) is 1.82. The smallest absolute Gasteiger partial charge is 0.248 e. The fraction of sp³-hybridized carbons (Fsp3) is 0.0769. The molecule has 0 saturated carbocycles. The van der Waals surface area contributed by atoms with Gasteiger partial charge in [-0.2, -0.15) is 0 Å². The summed E-state index contributed by atoms with van der Waals surface area (Å²) in [5.41, 5.74) is 6.37. The molecule has 0 radical (unpaired) electrons. The summed E-state index contributed by atoms with van der Waals surface area (Å²) in [7, 11) is 0. The summed E-state index contributed by atoms with van der Waals surface area (Å²) in [6, 6.07) is 6.65. The maximum Gasteiger partial charge on any atom is 0.248 e. The number of primary amides is 1. The lowest BCUT2D eigenvalue weighted by molar-refractivity contribution is -0.116. The molecule has 2 amide bonds. The number of nitrogens with two attached hydrogens (primary N) is 1. The van der Waals surface area contributed by atoms with Crippen LogP contribution in [0.4, 0.5) is 0 Å². The van der Waals surface area contributed by atoms with Crippen LogP contribution in [0.25, 0.3) is 6.08 Å². The zero-order valence-electron chi connectivity index (χ0n) is 9.65. The van der Waals surface area contributed by atoms with Gasteiger partial charge in [0.2, 0.25) is 11.8 Å². The van der Waals surface area contributed by atoms with E-state index < -0.39 is 5.91 Å². The molecule has 18 heavy (non-hydrogen) atoms. The third-order valence-corrected chi connectivity index (χ3v) is 2.36. The van der Waals surface area contributed by atoms with Crippen LogP contribution >= 0.6 is 15.9 Å². The summed E-state index contributed by atoms with van der Waals surface area (Å²) < 4.78 is 0.704. The van der Waals surface area contributed by atoms with Gasteiger partial charge in [0.25, 0.3) is 0 Å². The third-order valence-electron chi connectivity index (χ3n) is 2.08. The van der Waals surface area contributed by atoms with E-state index in [-0.39, 0.29) is 5.91 Å². The van der Waals surface area contributed by atoms with Crippen LogP contribution in [0.5, 0.6) is 0 Å². The summed E-state index contributed by atoms with van der Waals surface area (Å²) >= 11 is 3.14. The molecule has 0 aliphatic rings. The molecule has 0 aromatic heterocycles. The van der Waals surface area contributed by atoms with Crippen molar-refractivity contribution in [3.05, 3.63) is 52.5 Å². The molecule has 1 aromatic rings. The molecule has 0 spiro atoms. The third kappa shape index (κ3) is 4.97. The van der Waals surface area contributed by atoms with Crippen molar-refractivity contribution in [2.24, 2.45) is 5.73 Å². The van der Waals surface area contributed by atoms with E-state index in [1.54, 1.807) is 30.3 Å². The molecule has 1 aromatic carbocycles. The Bertz CT molecular complexity index is 492. The highest BCUT2D eigenvalue weighted by Gasteiger charge is 1.99. The minimum Gasteiger partial charge on any atom is -0.366 e. The number of hydrogen-bond donors (Lipinski definition) is 2. The van der Waals surface area contributed by atoms with Crippen molar-refractivity contribution in [3.8, 4) is 0 Å². The summed E-state index contributed by atoms with van der Waals surface area (Å²) in [5, 5.41) is 2.64. The van der Waals surface area contributed by atoms with Crippen LogP contribution in [0.15, 0.2) is 41.4 Å². The Morgan fingerprint density at radius 3 is 2.44 bits per heavy atom. The lowest BCUT2D eigenvalue weighted by Crippen LogP contribution is -2.21. The van der Waals surface area contributed by atoms with Crippen LogP contribution in [0, 0.1) is 0 Å². The standard InChI is InChI=1S/C13H13BrN2O2/c1-9(14)8-16-12(17)7-4-10-2-5-11(6-3-10)13(15)18/h2-7H,1,8H2,(H2,15,18)(H,16,17)/b7-4+. The molecule has 1 rings (SSSR count). The second-order valence-corrected chi connectivity index (χ2v) is 4.68. The van der Waals surface area contributed by atoms with Gasteiger partial charge in [0, 0.05) is 22.7 Å². The van der Waals surface area contributed by atoms with Crippen LogP contribution in [0.3, 0.4) is 0 Å². The molecule has 0 saturated heterocycles. The molecular formula is C13H13BrN2O2. The zero-order valence-corrected chi connectivity index (χ0v) is 11.2. The first-order valence-corrected chi connectivity index (χ1v) is 5.97. The van der Waals surface area contributed by atoms with Crippen molar-refractivity contribution in [1.29, 1.82) is 0 Å². The minimum atomic E-state index is -0.473. The molecule has 0 atom stereocenters. The maximum absolute atomic E-state index is 11.4. The van der Waals surface area contributed by atoms with E-state index in [0.717, 1.165) is 5.56 Å². The Kier molecular flexibility index (Phi) is 5.32. The van der Waals surface area contributed by atoms with Crippen molar-refractivity contribution in [1.82, 2.24) is 5.32 Å². The summed E-state index contributed by atoms with van der Waals surface area (Å²) in [6.45, 7) is 3.98. The molecule has 4 nitrogen and oxygen atoms in total. The van der Waals surface area contributed by atoms with E-state index >= 15 is 0 Å². The molecule has 3 N–H and O–H groups in total. The van der Waals surface area contributed by atoms with Gasteiger partial charge in [0.05, 0.1) is 0 Å². The molecule has 0 heterocycles. The Morgan fingerprint density at radius 2 is 1.94 bits per heavy atom. The van der Waals surface area contributed by atoms with Crippen molar-refractivity contribution in [3.63, 3.8) is 0 Å². The first-order valence-electron chi connectivity index (χ1n) is 5.18.